The highest BCUT2D eigenvalue weighted by atomic mass is 16.3. The van der Waals surface area contributed by atoms with Crippen LogP contribution >= 0.6 is 0 Å². The fourth-order valence-electron chi connectivity index (χ4n) is 4.68. The van der Waals surface area contributed by atoms with Gasteiger partial charge in [0, 0.05) is 38.9 Å². The first-order chi connectivity index (χ1) is 15.9. The van der Waals surface area contributed by atoms with Crippen LogP contribution in [0.2, 0.25) is 0 Å². The van der Waals surface area contributed by atoms with E-state index in [1.54, 1.807) is 0 Å². The summed E-state index contributed by atoms with van der Waals surface area (Å²) in [7, 11) is 0. The van der Waals surface area contributed by atoms with Crippen molar-refractivity contribution in [1.29, 1.82) is 0 Å². The van der Waals surface area contributed by atoms with E-state index >= 15 is 0 Å². The molecule has 0 atom stereocenters. The zero-order chi connectivity index (χ0) is 21.1. The molecule has 3 heterocycles. The molecule has 0 radical (unpaired) electrons. The lowest BCUT2D eigenvalue weighted by molar-refractivity contribution is 0.664. The highest BCUT2D eigenvalue weighted by Crippen LogP contribution is 2.44. The highest BCUT2D eigenvalue weighted by Gasteiger charge is 2.20. The summed E-state index contributed by atoms with van der Waals surface area (Å²) in [6.07, 6.45) is 1.86. The van der Waals surface area contributed by atoms with Crippen molar-refractivity contribution in [3.8, 4) is 22.4 Å². The molecule has 0 unspecified atom stereocenters. The third kappa shape index (κ3) is 2.45. The molecule has 0 amide bonds. The van der Waals surface area contributed by atoms with Gasteiger partial charge in [0.2, 0.25) is 0 Å². The van der Waals surface area contributed by atoms with E-state index < -0.39 is 0 Å². The van der Waals surface area contributed by atoms with Crippen LogP contribution in [0.25, 0.3) is 66.3 Å². The molecule has 32 heavy (non-hydrogen) atoms. The Morgan fingerprint density at radius 2 is 1.22 bits per heavy atom. The molecule has 7 rings (SSSR count). The summed E-state index contributed by atoms with van der Waals surface area (Å²) in [5.41, 5.74) is 7.54. The molecular weight excluding hydrogens is 394 g/mol. The smallest absolute Gasteiger partial charge is 0.144 e. The van der Waals surface area contributed by atoms with Crippen LogP contribution in [0.1, 0.15) is 0 Å². The third-order valence-electron chi connectivity index (χ3n) is 6.13. The van der Waals surface area contributed by atoms with E-state index in [1.807, 2.05) is 60.8 Å². The number of hydrogen-bond acceptors (Lipinski definition) is 3. The van der Waals surface area contributed by atoms with Crippen molar-refractivity contribution in [2.75, 3.05) is 0 Å². The van der Waals surface area contributed by atoms with Gasteiger partial charge in [-0.1, -0.05) is 66.7 Å². The molecule has 0 spiro atoms. The number of hydrogen-bond donors (Lipinski definition) is 0. The van der Waals surface area contributed by atoms with Gasteiger partial charge in [-0.15, -0.1) is 0 Å². The monoisotopic (exact) mass is 411 g/mol. The zero-order valence-corrected chi connectivity index (χ0v) is 17.1. The van der Waals surface area contributed by atoms with Crippen LogP contribution in [0.15, 0.2) is 112 Å². The van der Waals surface area contributed by atoms with Crippen molar-refractivity contribution in [2.45, 2.75) is 0 Å². The third-order valence-corrected chi connectivity index (χ3v) is 6.13. The van der Waals surface area contributed by atoms with Crippen LogP contribution < -0.4 is 0 Å². The van der Waals surface area contributed by atoms with E-state index in [-0.39, 0.29) is 0 Å². The van der Waals surface area contributed by atoms with Crippen molar-refractivity contribution < 1.29 is 8.83 Å². The lowest BCUT2D eigenvalue weighted by atomic mass is 9.97. The summed E-state index contributed by atoms with van der Waals surface area (Å²) < 4.78 is 12.7. The van der Waals surface area contributed by atoms with Crippen LogP contribution in [0.4, 0.5) is 0 Å². The number of aromatic nitrogens is 1. The topological polar surface area (TPSA) is 39.2 Å². The van der Waals surface area contributed by atoms with Gasteiger partial charge in [-0.05, 0) is 35.9 Å². The van der Waals surface area contributed by atoms with Gasteiger partial charge in [0.15, 0.2) is 0 Å². The minimum absolute atomic E-state index is 0.860. The van der Waals surface area contributed by atoms with Gasteiger partial charge in [0.1, 0.15) is 22.3 Å². The number of benzene rings is 4. The Kier molecular flexibility index (Phi) is 3.55. The molecule has 0 bridgehead atoms. The van der Waals surface area contributed by atoms with Crippen molar-refractivity contribution in [3.63, 3.8) is 0 Å². The minimum atomic E-state index is 0.860. The summed E-state index contributed by atoms with van der Waals surface area (Å²) in [6, 6.07) is 32.9. The average Bonchev–Trinajstić information content (AvgIpc) is 3.42. The minimum Gasteiger partial charge on any atom is -0.456 e. The van der Waals surface area contributed by atoms with Crippen molar-refractivity contribution in [2.24, 2.45) is 0 Å². The van der Waals surface area contributed by atoms with Gasteiger partial charge in [-0.3, -0.25) is 4.98 Å². The first-order valence-electron chi connectivity index (χ1n) is 10.6. The Morgan fingerprint density at radius 3 is 2.03 bits per heavy atom. The maximum Gasteiger partial charge on any atom is 0.144 e. The summed E-state index contributed by atoms with van der Waals surface area (Å²) in [6.45, 7) is 0. The zero-order valence-electron chi connectivity index (χ0n) is 17.1. The van der Waals surface area contributed by atoms with E-state index in [2.05, 4.69) is 47.4 Å². The first-order valence-corrected chi connectivity index (χ1v) is 10.6. The molecule has 0 fully saturated rings. The standard InChI is InChI=1S/C29H17NO2/c1-2-8-18(9-3-1)23-16-19(14-15-30-23)22-17-26-27(20-10-4-6-12-24(20)31-26)28-21-11-5-7-13-25(21)32-29(22)28/h1-17H. The fourth-order valence-corrected chi connectivity index (χ4v) is 4.68. The van der Waals surface area contributed by atoms with Gasteiger partial charge in [-0.2, -0.15) is 0 Å². The second-order valence-electron chi connectivity index (χ2n) is 7.99. The van der Waals surface area contributed by atoms with E-state index in [0.29, 0.717) is 0 Å². The summed E-state index contributed by atoms with van der Waals surface area (Å²) in [4.78, 5) is 4.60. The van der Waals surface area contributed by atoms with Crippen LogP contribution in [0.3, 0.4) is 0 Å². The maximum absolute atomic E-state index is 6.45. The molecule has 3 nitrogen and oxygen atoms in total. The Hall–Kier alpha value is -4.37. The second kappa shape index (κ2) is 6.56. The van der Waals surface area contributed by atoms with Gasteiger partial charge >= 0.3 is 0 Å². The number of furan rings is 2. The van der Waals surface area contributed by atoms with Gasteiger partial charge < -0.3 is 8.83 Å². The predicted octanol–water partition coefficient (Wildman–Crippen LogP) is 8.21. The Morgan fingerprint density at radius 1 is 0.531 bits per heavy atom. The largest absolute Gasteiger partial charge is 0.456 e. The quantitative estimate of drug-likeness (QED) is 0.288. The molecular formula is C29H17NO2. The lowest BCUT2D eigenvalue weighted by Crippen LogP contribution is -1.86. The Balaban J connectivity index is 1.61. The Labute approximate surface area is 183 Å². The van der Waals surface area contributed by atoms with E-state index in [9.17, 15) is 0 Å². The number of fused-ring (bicyclic) bond motifs is 7. The van der Waals surface area contributed by atoms with Gasteiger partial charge in [-0.25, -0.2) is 0 Å². The lowest BCUT2D eigenvalue weighted by Gasteiger charge is -2.07. The molecule has 0 saturated heterocycles. The molecule has 0 N–H and O–H groups in total. The van der Waals surface area contributed by atoms with Crippen LogP contribution in [0.5, 0.6) is 0 Å². The maximum atomic E-state index is 6.45. The van der Waals surface area contributed by atoms with Crippen molar-refractivity contribution in [1.82, 2.24) is 4.98 Å². The van der Waals surface area contributed by atoms with E-state index in [1.165, 1.54) is 0 Å². The number of rotatable bonds is 2. The molecule has 4 aromatic carbocycles. The highest BCUT2D eigenvalue weighted by molar-refractivity contribution is 6.28. The van der Waals surface area contributed by atoms with Crippen molar-refractivity contribution >= 4 is 43.9 Å². The van der Waals surface area contributed by atoms with Crippen molar-refractivity contribution in [3.05, 3.63) is 103 Å². The van der Waals surface area contributed by atoms with Crippen LogP contribution in [-0.2, 0) is 0 Å². The summed E-state index contributed by atoms with van der Waals surface area (Å²) in [5, 5.41) is 4.39. The molecule has 150 valence electrons. The Bertz CT molecular complexity index is 1770. The molecule has 0 aliphatic carbocycles. The van der Waals surface area contributed by atoms with Gasteiger partial charge in [0.25, 0.3) is 0 Å². The molecule has 0 saturated carbocycles. The van der Waals surface area contributed by atoms with Crippen LogP contribution in [-0.4, -0.2) is 4.98 Å². The summed E-state index contributed by atoms with van der Waals surface area (Å²) in [5.74, 6) is 0. The number of nitrogens with zero attached hydrogens (tertiary/aromatic N) is 1. The van der Waals surface area contributed by atoms with Gasteiger partial charge in [0.05, 0.1) is 5.69 Å². The average molecular weight is 411 g/mol. The molecule has 0 aliphatic heterocycles. The van der Waals surface area contributed by atoms with E-state index in [4.69, 9.17) is 8.83 Å². The molecule has 0 aliphatic rings. The molecule has 3 aromatic heterocycles. The fraction of sp³-hybridized carbons (Fsp3) is 0. The SMILES string of the molecule is c1ccc(-c2cc(-c3cc4oc5ccccc5c4c4c3oc3ccccc34)ccn2)cc1. The first kappa shape index (κ1) is 17.3. The number of para-hydroxylation sites is 2. The normalized spacial score (nSPS) is 11.8. The molecule has 3 heteroatoms. The second-order valence-corrected chi connectivity index (χ2v) is 7.99. The number of pyridine rings is 1. The predicted molar refractivity (Wildman–Crippen MR) is 130 cm³/mol. The van der Waals surface area contributed by atoms with Crippen LogP contribution in [0, 0.1) is 0 Å². The molecule has 7 aromatic rings. The summed E-state index contributed by atoms with van der Waals surface area (Å²) >= 11 is 0. The van der Waals surface area contributed by atoms with E-state index in [0.717, 1.165) is 66.3 Å².